The Kier molecular flexibility index (Phi) is 6.45. The van der Waals surface area contributed by atoms with E-state index in [1.165, 1.54) is 0 Å². The Bertz CT molecular complexity index is 608. The average molecular weight is 339 g/mol. The molecule has 120 valence electrons. The topological polar surface area (TPSA) is 51.0 Å². The molecule has 0 saturated heterocycles. The van der Waals surface area contributed by atoms with E-state index in [4.69, 9.17) is 0 Å². The number of thiazole rings is 1. The van der Waals surface area contributed by atoms with E-state index < -0.39 is 0 Å². The summed E-state index contributed by atoms with van der Waals surface area (Å²) in [5.41, 5.74) is 0.877. The Morgan fingerprint density at radius 2 is 2.32 bits per heavy atom. The van der Waals surface area contributed by atoms with Crippen molar-refractivity contribution in [1.29, 1.82) is 0 Å². The maximum atomic E-state index is 12.2. The maximum Gasteiger partial charge on any atom is 0.228 e. The van der Waals surface area contributed by atoms with Crippen LogP contribution in [0, 0.1) is 0 Å². The summed E-state index contributed by atoms with van der Waals surface area (Å²) in [7, 11) is 3.85. The molecular formula is C15H22N4OS2. The lowest BCUT2D eigenvalue weighted by Crippen LogP contribution is -2.29. The van der Waals surface area contributed by atoms with Crippen LogP contribution in [0.4, 0.5) is 0 Å². The van der Waals surface area contributed by atoms with Crippen molar-refractivity contribution in [2.45, 2.75) is 30.5 Å². The summed E-state index contributed by atoms with van der Waals surface area (Å²) < 4.78 is 3.06. The largest absolute Gasteiger partial charge is 0.345 e. The number of aromatic nitrogens is 3. The number of carbonyl (C=O) groups is 1. The zero-order valence-electron chi connectivity index (χ0n) is 13.3. The summed E-state index contributed by atoms with van der Waals surface area (Å²) in [6.07, 6.45) is 5.94. The summed E-state index contributed by atoms with van der Waals surface area (Å²) in [4.78, 5) is 22.8. The molecular weight excluding hydrogens is 316 g/mol. The van der Waals surface area contributed by atoms with Crippen LogP contribution in [0.25, 0.3) is 0 Å². The number of hydrogen-bond donors (Lipinski definition) is 0. The second kappa shape index (κ2) is 8.33. The zero-order chi connectivity index (χ0) is 15.9. The quantitative estimate of drug-likeness (QED) is 0.694. The van der Waals surface area contributed by atoms with E-state index in [1.54, 1.807) is 34.2 Å². The van der Waals surface area contributed by atoms with Gasteiger partial charge < -0.3 is 9.47 Å². The van der Waals surface area contributed by atoms with Crippen molar-refractivity contribution in [3.63, 3.8) is 0 Å². The van der Waals surface area contributed by atoms with Gasteiger partial charge in [-0.05, 0) is 12.2 Å². The number of nitrogens with zero attached hydrogens (tertiary/aromatic N) is 4. The van der Waals surface area contributed by atoms with Crippen molar-refractivity contribution in [3.05, 3.63) is 29.3 Å². The van der Waals surface area contributed by atoms with Gasteiger partial charge in [0.1, 0.15) is 10.2 Å². The molecule has 5 nitrogen and oxygen atoms in total. The summed E-state index contributed by atoms with van der Waals surface area (Å²) in [6, 6.07) is 0. The predicted octanol–water partition coefficient (Wildman–Crippen LogP) is 2.62. The molecule has 1 amide bonds. The van der Waals surface area contributed by atoms with Crippen molar-refractivity contribution >= 4 is 29.0 Å². The van der Waals surface area contributed by atoms with Crippen LogP contribution in [0.3, 0.4) is 0 Å². The minimum atomic E-state index is 0.123. The fraction of sp³-hybridized carbons (Fsp3) is 0.533. The highest BCUT2D eigenvalue weighted by molar-refractivity contribution is 8.00. The van der Waals surface area contributed by atoms with Gasteiger partial charge in [0.05, 0.1) is 12.1 Å². The first-order valence-electron chi connectivity index (χ1n) is 7.37. The molecule has 0 aromatic carbocycles. The van der Waals surface area contributed by atoms with E-state index in [-0.39, 0.29) is 5.91 Å². The average Bonchev–Trinajstić information content (AvgIpc) is 3.09. The Labute approximate surface area is 139 Å². The third-order valence-corrected chi connectivity index (χ3v) is 5.32. The van der Waals surface area contributed by atoms with Crippen LogP contribution in [0.5, 0.6) is 0 Å². The molecule has 2 rings (SSSR count). The van der Waals surface area contributed by atoms with Gasteiger partial charge in [-0.25, -0.2) is 9.97 Å². The third-order valence-electron chi connectivity index (χ3n) is 3.37. The standard InChI is InChI=1S/C15H22N4OS2/c1-4-21-15-17-12(11-22-15)10-14(20)19(3)8-5-6-13-16-7-9-18(13)2/h7,9,11H,4-6,8,10H2,1-3H3. The van der Waals surface area contributed by atoms with E-state index >= 15 is 0 Å². The Hall–Kier alpha value is -1.34. The molecule has 7 heteroatoms. The molecule has 0 bridgehead atoms. The number of likely N-dealkylation sites (N-methyl/N-ethyl adjacent to an activating group) is 1. The molecule has 0 spiro atoms. The summed E-state index contributed by atoms with van der Waals surface area (Å²) >= 11 is 3.33. The SMILES string of the molecule is CCSc1nc(CC(=O)N(C)CCCc2nccn2C)cs1. The molecule has 0 N–H and O–H groups in total. The smallest absolute Gasteiger partial charge is 0.228 e. The first kappa shape index (κ1) is 17.0. The molecule has 0 aliphatic rings. The lowest BCUT2D eigenvalue weighted by Gasteiger charge is -2.16. The number of rotatable bonds is 8. The van der Waals surface area contributed by atoms with Gasteiger partial charge in [-0.2, -0.15) is 0 Å². The first-order valence-corrected chi connectivity index (χ1v) is 9.24. The third kappa shape index (κ3) is 4.84. The van der Waals surface area contributed by atoms with Crippen LogP contribution in [-0.2, 0) is 24.7 Å². The fourth-order valence-corrected chi connectivity index (χ4v) is 3.83. The summed E-state index contributed by atoms with van der Waals surface area (Å²) in [5.74, 6) is 2.19. The number of thioether (sulfide) groups is 1. The van der Waals surface area contributed by atoms with Crippen molar-refractivity contribution in [3.8, 4) is 0 Å². The van der Waals surface area contributed by atoms with Crippen molar-refractivity contribution in [2.75, 3.05) is 19.3 Å². The molecule has 0 aliphatic heterocycles. The first-order chi connectivity index (χ1) is 10.6. The number of imidazole rings is 1. The van der Waals surface area contributed by atoms with E-state index in [9.17, 15) is 4.79 Å². The van der Waals surface area contributed by atoms with Gasteiger partial charge in [0.15, 0.2) is 0 Å². The normalized spacial score (nSPS) is 10.9. The molecule has 2 aromatic rings. The molecule has 2 aromatic heterocycles. The van der Waals surface area contributed by atoms with Gasteiger partial charge in [0.25, 0.3) is 0 Å². The van der Waals surface area contributed by atoms with Crippen LogP contribution in [0.2, 0.25) is 0 Å². The summed E-state index contributed by atoms with van der Waals surface area (Å²) in [6.45, 7) is 2.85. The minimum Gasteiger partial charge on any atom is -0.345 e. The lowest BCUT2D eigenvalue weighted by atomic mass is 10.2. The van der Waals surface area contributed by atoms with Gasteiger partial charge in [-0.1, -0.05) is 18.7 Å². The molecule has 2 heterocycles. The molecule has 0 radical (unpaired) electrons. The second-order valence-corrected chi connectivity index (χ2v) is 7.46. The van der Waals surface area contributed by atoms with Crippen LogP contribution in [-0.4, -0.2) is 44.7 Å². The predicted molar refractivity (Wildman–Crippen MR) is 91.4 cm³/mol. The molecule has 0 unspecified atom stereocenters. The number of amides is 1. The van der Waals surface area contributed by atoms with Gasteiger partial charge >= 0.3 is 0 Å². The lowest BCUT2D eigenvalue weighted by molar-refractivity contribution is -0.129. The Morgan fingerprint density at radius 3 is 3.00 bits per heavy atom. The van der Waals surface area contributed by atoms with E-state index in [1.807, 2.05) is 30.2 Å². The van der Waals surface area contributed by atoms with Crippen LogP contribution < -0.4 is 0 Å². The van der Waals surface area contributed by atoms with Crippen molar-refractivity contribution in [1.82, 2.24) is 19.4 Å². The van der Waals surface area contributed by atoms with Gasteiger partial charge in [-0.3, -0.25) is 4.79 Å². The number of aryl methyl sites for hydroxylation is 2. The molecule has 0 aliphatic carbocycles. The molecule has 0 saturated carbocycles. The Morgan fingerprint density at radius 1 is 1.50 bits per heavy atom. The van der Waals surface area contributed by atoms with E-state index in [2.05, 4.69) is 16.9 Å². The van der Waals surface area contributed by atoms with Gasteiger partial charge in [0.2, 0.25) is 5.91 Å². The number of carbonyl (C=O) groups excluding carboxylic acids is 1. The van der Waals surface area contributed by atoms with E-state index in [0.29, 0.717) is 6.42 Å². The van der Waals surface area contributed by atoms with Crippen molar-refractivity contribution < 1.29 is 4.79 Å². The van der Waals surface area contributed by atoms with Gasteiger partial charge in [-0.15, -0.1) is 11.3 Å². The minimum absolute atomic E-state index is 0.123. The van der Waals surface area contributed by atoms with Crippen LogP contribution >= 0.6 is 23.1 Å². The van der Waals surface area contributed by atoms with Gasteiger partial charge in [0, 0.05) is 44.8 Å². The molecule has 0 fully saturated rings. The maximum absolute atomic E-state index is 12.2. The molecule has 0 atom stereocenters. The number of hydrogen-bond acceptors (Lipinski definition) is 5. The van der Waals surface area contributed by atoms with Crippen molar-refractivity contribution in [2.24, 2.45) is 7.05 Å². The highest BCUT2D eigenvalue weighted by atomic mass is 32.2. The zero-order valence-corrected chi connectivity index (χ0v) is 14.9. The van der Waals surface area contributed by atoms with E-state index in [0.717, 1.165) is 41.0 Å². The fourth-order valence-electron chi connectivity index (χ4n) is 2.09. The van der Waals surface area contributed by atoms with Crippen LogP contribution in [0.15, 0.2) is 22.1 Å². The highest BCUT2D eigenvalue weighted by Gasteiger charge is 2.12. The Balaban J connectivity index is 1.75. The monoisotopic (exact) mass is 338 g/mol. The summed E-state index contributed by atoms with van der Waals surface area (Å²) in [5, 5.41) is 1.98. The van der Waals surface area contributed by atoms with Crippen LogP contribution in [0.1, 0.15) is 24.9 Å². The second-order valence-electron chi connectivity index (χ2n) is 5.09. The highest BCUT2D eigenvalue weighted by Crippen LogP contribution is 2.22. The molecule has 22 heavy (non-hydrogen) atoms.